The molecule has 1 fully saturated rings. The van der Waals surface area contributed by atoms with Crippen molar-refractivity contribution >= 4 is 5.97 Å². The number of hydrogen-bond donors (Lipinski definition) is 2. The van der Waals surface area contributed by atoms with Crippen LogP contribution in [0.5, 0.6) is 0 Å². The maximum atomic E-state index is 10.6. The van der Waals surface area contributed by atoms with Crippen molar-refractivity contribution in [2.75, 3.05) is 0 Å². The van der Waals surface area contributed by atoms with Crippen LogP contribution >= 0.6 is 0 Å². The fourth-order valence-electron chi connectivity index (χ4n) is 2.72. The van der Waals surface area contributed by atoms with E-state index in [1.165, 1.54) is 38.5 Å². The summed E-state index contributed by atoms with van der Waals surface area (Å²) in [6, 6.07) is 0.531. The average molecular weight is 227 g/mol. The van der Waals surface area contributed by atoms with E-state index in [0.29, 0.717) is 6.04 Å². The molecule has 1 unspecified atom stereocenters. The van der Waals surface area contributed by atoms with Crippen molar-refractivity contribution in [1.29, 1.82) is 0 Å². The highest BCUT2D eigenvalue weighted by Crippen LogP contribution is 2.25. The molecule has 2 N–H and O–H groups in total. The zero-order valence-electron chi connectivity index (χ0n) is 10.5. The highest BCUT2D eigenvalue weighted by atomic mass is 16.4. The van der Waals surface area contributed by atoms with Crippen molar-refractivity contribution in [3.8, 4) is 0 Å². The van der Waals surface area contributed by atoms with E-state index in [-0.39, 0.29) is 12.5 Å². The minimum Gasteiger partial charge on any atom is -0.481 e. The molecule has 2 atom stereocenters. The van der Waals surface area contributed by atoms with Crippen molar-refractivity contribution in [2.24, 2.45) is 5.92 Å². The molecule has 0 aromatic heterocycles. The van der Waals surface area contributed by atoms with E-state index in [4.69, 9.17) is 5.11 Å². The van der Waals surface area contributed by atoms with Crippen LogP contribution in [0, 0.1) is 5.92 Å². The van der Waals surface area contributed by atoms with Crippen molar-refractivity contribution in [3.05, 3.63) is 0 Å². The van der Waals surface area contributed by atoms with Gasteiger partial charge in [-0.1, -0.05) is 25.7 Å². The summed E-state index contributed by atoms with van der Waals surface area (Å²) in [5.74, 6) is 0.0202. The van der Waals surface area contributed by atoms with Crippen LogP contribution in [-0.4, -0.2) is 23.2 Å². The van der Waals surface area contributed by atoms with Gasteiger partial charge in [0.15, 0.2) is 0 Å². The van der Waals surface area contributed by atoms with Gasteiger partial charge in [0.25, 0.3) is 0 Å². The molecule has 0 aromatic carbocycles. The lowest BCUT2D eigenvalue weighted by Crippen LogP contribution is -2.40. The van der Waals surface area contributed by atoms with Crippen molar-refractivity contribution in [3.63, 3.8) is 0 Å². The minimum absolute atomic E-state index is 0.0794. The van der Waals surface area contributed by atoms with Gasteiger partial charge in [-0.2, -0.15) is 0 Å². The van der Waals surface area contributed by atoms with Gasteiger partial charge in [-0.3, -0.25) is 4.79 Å². The van der Waals surface area contributed by atoms with Gasteiger partial charge in [0.1, 0.15) is 0 Å². The predicted molar refractivity (Wildman–Crippen MR) is 65.5 cm³/mol. The minimum atomic E-state index is -0.715. The summed E-state index contributed by atoms with van der Waals surface area (Å²) in [6.07, 6.45) is 8.23. The average Bonchev–Trinajstić information content (AvgIpc) is 2.43. The summed E-state index contributed by atoms with van der Waals surface area (Å²) >= 11 is 0. The lowest BCUT2D eigenvalue weighted by Gasteiger charge is -2.26. The maximum Gasteiger partial charge on any atom is 0.304 e. The SMILES string of the molecule is CC(CC(=O)O)N[C@H](C)C1CCCCCC1. The molecule has 0 aromatic rings. The molecule has 1 aliphatic carbocycles. The van der Waals surface area contributed by atoms with Gasteiger partial charge in [0.2, 0.25) is 0 Å². The Balaban J connectivity index is 2.31. The summed E-state index contributed by atoms with van der Waals surface area (Å²) in [5.41, 5.74) is 0. The Hall–Kier alpha value is -0.570. The normalized spacial score (nSPS) is 22.4. The van der Waals surface area contributed by atoms with Gasteiger partial charge in [0, 0.05) is 12.1 Å². The monoisotopic (exact) mass is 227 g/mol. The molecule has 3 nitrogen and oxygen atoms in total. The lowest BCUT2D eigenvalue weighted by molar-refractivity contribution is -0.137. The van der Waals surface area contributed by atoms with Gasteiger partial charge in [0.05, 0.1) is 6.42 Å². The molecule has 0 saturated heterocycles. The smallest absolute Gasteiger partial charge is 0.304 e. The highest BCUT2D eigenvalue weighted by molar-refractivity contribution is 5.67. The second-order valence-electron chi connectivity index (χ2n) is 5.21. The summed E-state index contributed by atoms with van der Waals surface area (Å²) in [4.78, 5) is 10.6. The molecule has 0 radical (unpaired) electrons. The van der Waals surface area contributed by atoms with Crippen molar-refractivity contribution in [2.45, 2.75) is 70.9 Å². The molecular formula is C13H25NO2. The number of hydrogen-bond acceptors (Lipinski definition) is 2. The molecule has 0 bridgehead atoms. The summed E-state index contributed by atoms with van der Waals surface area (Å²) < 4.78 is 0. The zero-order valence-corrected chi connectivity index (χ0v) is 10.5. The topological polar surface area (TPSA) is 49.3 Å². The Morgan fingerprint density at radius 3 is 2.31 bits per heavy atom. The highest BCUT2D eigenvalue weighted by Gasteiger charge is 2.20. The first kappa shape index (κ1) is 13.5. The summed E-state index contributed by atoms with van der Waals surface area (Å²) in [5, 5.41) is 12.1. The van der Waals surface area contributed by atoms with E-state index in [1.807, 2.05) is 6.92 Å². The number of carboxylic acids is 1. The molecule has 1 saturated carbocycles. The quantitative estimate of drug-likeness (QED) is 0.710. The fourth-order valence-corrected chi connectivity index (χ4v) is 2.72. The van der Waals surface area contributed by atoms with Gasteiger partial charge in [-0.25, -0.2) is 0 Å². The standard InChI is InChI=1S/C13H25NO2/c1-10(9-13(15)16)14-11(2)12-7-5-3-4-6-8-12/h10-12,14H,3-9H2,1-2H3,(H,15,16)/t10?,11-/m1/s1. The first-order valence-electron chi connectivity index (χ1n) is 6.57. The van der Waals surface area contributed by atoms with Crippen LogP contribution < -0.4 is 5.32 Å². The Morgan fingerprint density at radius 1 is 1.25 bits per heavy atom. The molecule has 0 amide bonds. The van der Waals surface area contributed by atoms with Crippen LogP contribution in [0.2, 0.25) is 0 Å². The van der Waals surface area contributed by atoms with Gasteiger partial charge < -0.3 is 10.4 Å². The molecule has 16 heavy (non-hydrogen) atoms. The van der Waals surface area contributed by atoms with Crippen molar-refractivity contribution in [1.82, 2.24) is 5.32 Å². The van der Waals surface area contributed by atoms with E-state index in [2.05, 4.69) is 12.2 Å². The second kappa shape index (κ2) is 6.89. The van der Waals surface area contributed by atoms with E-state index >= 15 is 0 Å². The van der Waals surface area contributed by atoms with Gasteiger partial charge >= 0.3 is 5.97 Å². The Kier molecular flexibility index (Phi) is 5.81. The fraction of sp³-hybridized carbons (Fsp3) is 0.923. The van der Waals surface area contributed by atoms with Crippen LogP contribution in [0.4, 0.5) is 0 Å². The van der Waals surface area contributed by atoms with Crippen LogP contribution in [0.15, 0.2) is 0 Å². The second-order valence-corrected chi connectivity index (χ2v) is 5.21. The third-order valence-electron chi connectivity index (χ3n) is 3.64. The van der Waals surface area contributed by atoms with Crippen molar-refractivity contribution < 1.29 is 9.90 Å². The Morgan fingerprint density at radius 2 is 1.81 bits per heavy atom. The van der Waals surface area contributed by atoms with Gasteiger partial charge in [-0.05, 0) is 32.6 Å². The molecule has 1 aliphatic rings. The lowest BCUT2D eigenvalue weighted by atomic mass is 9.92. The number of rotatable bonds is 5. The first-order valence-corrected chi connectivity index (χ1v) is 6.57. The third-order valence-corrected chi connectivity index (χ3v) is 3.64. The number of nitrogens with one attached hydrogen (secondary N) is 1. The van der Waals surface area contributed by atoms with Crippen LogP contribution in [0.1, 0.15) is 58.8 Å². The van der Waals surface area contributed by atoms with E-state index in [1.54, 1.807) is 0 Å². The Labute approximate surface area is 98.6 Å². The molecule has 3 heteroatoms. The third kappa shape index (κ3) is 4.97. The molecule has 1 rings (SSSR count). The molecule has 0 heterocycles. The predicted octanol–water partition coefficient (Wildman–Crippen LogP) is 2.80. The van der Waals surface area contributed by atoms with E-state index in [0.717, 1.165) is 5.92 Å². The molecule has 0 aliphatic heterocycles. The number of carboxylic acid groups (broad SMARTS) is 1. The van der Waals surface area contributed by atoms with E-state index in [9.17, 15) is 4.79 Å². The maximum absolute atomic E-state index is 10.6. The molecule has 0 spiro atoms. The number of carbonyl (C=O) groups is 1. The summed E-state index contributed by atoms with van der Waals surface area (Å²) in [7, 11) is 0. The van der Waals surface area contributed by atoms with Gasteiger partial charge in [-0.15, -0.1) is 0 Å². The number of aliphatic carboxylic acids is 1. The molecular weight excluding hydrogens is 202 g/mol. The largest absolute Gasteiger partial charge is 0.481 e. The van der Waals surface area contributed by atoms with E-state index < -0.39 is 5.97 Å². The summed E-state index contributed by atoms with van der Waals surface area (Å²) in [6.45, 7) is 4.16. The van der Waals surface area contributed by atoms with Crippen LogP contribution in [0.3, 0.4) is 0 Å². The first-order chi connectivity index (χ1) is 7.59. The van der Waals surface area contributed by atoms with Crippen LogP contribution in [0.25, 0.3) is 0 Å². The van der Waals surface area contributed by atoms with Crippen LogP contribution in [-0.2, 0) is 4.79 Å². The zero-order chi connectivity index (χ0) is 12.0. The Bertz CT molecular complexity index is 210. The molecule has 94 valence electrons.